The lowest BCUT2D eigenvalue weighted by atomic mass is 10.1. The molecule has 1 aromatic carbocycles. The predicted octanol–water partition coefficient (Wildman–Crippen LogP) is 4.06. The maximum Gasteiger partial charge on any atom is 0.191 e. The van der Waals surface area contributed by atoms with Gasteiger partial charge in [-0.3, -0.25) is 4.99 Å². The Morgan fingerprint density at radius 3 is 2.83 bits per heavy atom. The molecule has 6 heteroatoms. The zero-order chi connectivity index (χ0) is 16.8. The third kappa shape index (κ3) is 6.31. The topological polar surface area (TPSA) is 39.7 Å². The normalized spacial score (nSPS) is 17.8. The zero-order valence-electron chi connectivity index (χ0n) is 15.1. The average molecular weight is 465 g/mol. The van der Waals surface area contributed by atoms with Crippen LogP contribution in [0.5, 0.6) is 0 Å². The number of nitrogens with one attached hydrogen (secondary N) is 2. The van der Waals surface area contributed by atoms with E-state index >= 15 is 0 Å². The van der Waals surface area contributed by atoms with Crippen molar-refractivity contribution in [2.45, 2.75) is 40.2 Å². The van der Waals surface area contributed by atoms with Gasteiger partial charge in [0.2, 0.25) is 0 Å². The number of rotatable bonds is 5. The molecule has 1 unspecified atom stereocenters. The van der Waals surface area contributed by atoms with E-state index in [1.54, 1.807) is 0 Å². The molecule has 2 rings (SSSR count). The minimum Gasteiger partial charge on any atom is -0.371 e. The summed E-state index contributed by atoms with van der Waals surface area (Å²) in [6.07, 6.45) is 1.18. The van der Waals surface area contributed by atoms with Crippen molar-refractivity contribution in [1.82, 2.24) is 10.6 Å². The summed E-state index contributed by atoms with van der Waals surface area (Å²) in [5, 5.41) is 7.49. The Morgan fingerprint density at radius 2 is 2.17 bits per heavy atom. The summed E-state index contributed by atoms with van der Waals surface area (Å²) in [6.45, 7) is 12.4. The Balaban J connectivity index is 0.00000288. The maximum atomic E-state index is 6.15. The maximum absolute atomic E-state index is 6.15. The van der Waals surface area contributed by atoms with Crippen LogP contribution in [-0.2, 0) is 0 Å². The number of hydrogen-bond acceptors (Lipinski definition) is 2. The first-order valence-corrected chi connectivity index (χ1v) is 8.93. The quantitative estimate of drug-likeness (QED) is 0.392. The summed E-state index contributed by atoms with van der Waals surface area (Å²) in [6, 6.07) is 6.52. The first kappa shape index (κ1) is 21.4. The Kier molecular flexibility index (Phi) is 9.19. The van der Waals surface area contributed by atoms with E-state index in [0.29, 0.717) is 12.0 Å². The molecular weight excluding hydrogens is 435 g/mol. The van der Waals surface area contributed by atoms with Gasteiger partial charge in [-0.2, -0.15) is 0 Å². The lowest BCUT2D eigenvalue weighted by Gasteiger charge is -2.21. The molecule has 136 valence electrons. The van der Waals surface area contributed by atoms with Gasteiger partial charge in [0.05, 0.1) is 0 Å². The molecule has 0 saturated carbocycles. The minimum absolute atomic E-state index is 0. The van der Waals surface area contributed by atoms with Crippen LogP contribution in [0.2, 0.25) is 5.02 Å². The van der Waals surface area contributed by atoms with Crippen LogP contribution in [0.4, 0.5) is 5.69 Å². The average Bonchev–Trinajstić information content (AvgIpc) is 2.96. The van der Waals surface area contributed by atoms with Crippen LogP contribution in [0.25, 0.3) is 0 Å². The van der Waals surface area contributed by atoms with Crippen molar-refractivity contribution in [3.63, 3.8) is 0 Å². The molecule has 24 heavy (non-hydrogen) atoms. The SMILES string of the molecule is CCNC(=NCC1CCN(c2cc(Cl)ccc2C)C1)NC(C)C.I. The molecular formula is C18H30ClIN4. The Morgan fingerprint density at radius 1 is 1.42 bits per heavy atom. The first-order chi connectivity index (χ1) is 11.0. The van der Waals surface area contributed by atoms with Gasteiger partial charge in [0.1, 0.15) is 0 Å². The van der Waals surface area contributed by atoms with Crippen molar-refractivity contribution in [2.24, 2.45) is 10.9 Å². The number of guanidine groups is 1. The molecule has 0 bridgehead atoms. The van der Waals surface area contributed by atoms with Gasteiger partial charge in [-0.15, -0.1) is 24.0 Å². The summed E-state index contributed by atoms with van der Waals surface area (Å²) >= 11 is 6.15. The second-order valence-electron chi connectivity index (χ2n) is 6.55. The number of hydrogen-bond donors (Lipinski definition) is 2. The van der Waals surface area contributed by atoms with E-state index in [-0.39, 0.29) is 24.0 Å². The second-order valence-corrected chi connectivity index (χ2v) is 6.99. The van der Waals surface area contributed by atoms with E-state index in [4.69, 9.17) is 16.6 Å². The molecule has 1 heterocycles. The molecule has 0 aromatic heterocycles. The summed E-state index contributed by atoms with van der Waals surface area (Å²) in [4.78, 5) is 7.18. The van der Waals surface area contributed by atoms with E-state index in [9.17, 15) is 0 Å². The van der Waals surface area contributed by atoms with Crippen molar-refractivity contribution in [3.05, 3.63) is 28.8 Å². The van der Waals surface area contributed by atoms with E-state index < -0.39 is 0 Å². The molecule has 4 nitrogen and oxygen atoms in total. The van der Waals surface area contributed by atoms with Crippen molar-refractivity contribution in [3.8, 4) is 0 Å². The van der Waals surface area contributed by atoms with Gasteiger partial charge < -0.3 is 15.5 Å². The van der Waals surface area contributed by atoms with Crippen LogP contribution in [0, 0.1) is 12.8 Å². The highest BCUT2D eigenvalue weighted by Crippen LogP contribution is 2.29. The smallest absolute Gasteiger partial charge is 0.191 e. The standard InChI is InChI=1S/C18H29ClN4.HI/c1-5-20-18(22-13(2)3)21-11-15-8-9-23(12-15)17-10-16(19)7-6-14(17)4;/h6-7,10,13,15H,5,8-9,11-12H2,1-4H3,(H2,20,21,22);1H. The monoisotopic (exact) mass is 464 g/mol. The zero-order valence-corrected chi connectivity index (χ0v) is 18.2. The van der Waals surface area contributed by atoms with E-state index in [2.05, 4.69) is 55.4 Å². The van der Waals surface area contributed by atoms with Gasteiger partial charge in [-0.1, -0.05) is 17.7 Å². The third-order valence-corrected chi connectivity index (χ3v) is 4.31. The number of benzene rings is 1. The molecule has 0 spiro atoms. The highest BCUT2D eigenvalue weighted by atomic mass is 127. The second kappa shape index (κ2) is 10.3. The molecule has 1 aliphatic rings. The minimum atomic E-state index is 0. The van der Waals surface area contributed by atoms with Gasteiger partial charge in [-0.05, 0) is 57.7 Å². The van der Waals surface area contributed by atoms with E-state index in [0.717, 1.165) is 37.2 Å². The number of anilines is 1. The van der Waals surface area contributed by atoms with Gasteiger partial charge >= 0.3 is 0 Å². The molecule has 1 saturated heterocycles. The summed E-state index contributed by atoms with van der Waals surface area (Å²) < 4.78 is 0. The molecule has 1 aliphatic heterocycles. The number of aryl methyl sites for hydroxylation is 1. The highest BCUT2D eigenvalue weighted by Gasteiger charge is 2.23. The van der Waals surface area contributed by atoms with Crippen LogP contribution in [0.15, 0.2) is 23.2 Å². The Bertz CT molecular complexity index is 548. The molecule has 1 fully saturated rings. The summed E-state index contributed by atoms with van der Waals surface area (Å²) in [5.41, 5.74) is 2.55. The number of nitrogens with zero attached hydrogens (tertiary/aromatic N) is 2. The van der Waals surface area contributed by atoms with Crippen molar-refractivity contribution < 1.29 is 0 Å². The molecule has 2 N–H and O–H groups in total. The lowest BCUT2D eigenvalue weighted by Crippen LogP contribution is -2.41. The van der Waals surface area contributed by atoms with Crippen LogP contribution in [0.1, 0.15) is 32.8 Å². The van der Waals surface area contributed by atoms with Gasteiger partial charge in [-0.25, -0.2) is 0 Å². The van der Waals surface area contributed by atoms with E-state index in [1.165, 1.54) is 17.7 Å². The lowest BCUT2D eigenvalue weighted by molar-refractivity contribution is 0.595. The van der Waals surface area contributed by atoms with Crippen LogP contribution in [-0.4, -0.2) is 38.2 Å². The molecule has 0 aliphatic carbocycles. The fraction of sp³-hybridized carbons (Fsp3) is 0.611. The van der Waals surface area contributed by atoms with Crippen LogP contribution < -0.4 is 15.5 Å². The largest absolute Gasteiger partial charge is 0.371 e. The van der Waals surface area contributed by atoms with Crippen LogP contribution >= 0.6 is 35.6 Å². The Hall–Kier alpha value is -0.690. The fourth-order valence-electron chi connectivity index (χ4n) is 2.94. The number of aliphatic imine (C=N–C) groups is 1. The molecule has 1 aromatic rings. The Labute approximate surface area is 168 Å². The van der Waals surface area contributed by atoms with Crippen molar-refractivity contribution in [1.29, 1.82) is 0 Å². The number of halogens is 2. The third-order valence-electron chi connectivity index (χ3n) is 4.07. The molecule has 1 atom stereocenters. The van der Waals surface area contributed by atoms with E-state index in [1.807, 2.05) is 6.07 Å². The van der Waals surface area contributed by atoms with Gasteiger partial charge in [0, 0.05) is 42.9 Å². The van der Waals surface area contributed by atoms with Crippen molar-refractivity contribution >= 4 is 47.2 Å². The van der Waals surface area contributed by atoms with Crippen molar-refractivity contribution in [2.75, 3.05) is 31.1 Å². The summed E-state index contributed by atoms with van der Waals surface area (Å²) in [7, 11) is 0. The molecule has 0 radical (unpaired) electrons. The first-order valence-electron chi connectivity index (χ1n) is 8.55. The van der Waals surface area contributed by atoms with Gasteiger partial charge in [0.25, 0.3) is 0 Å². The van der Waals surface area contributed by atoms with Crippen LogP contribution in [0.3, 0.4) is 0 Å². The summed E-state index contributed by atoms with van der Waals surface area (Å²) in [5.74, 6) is 1.51. The molecule has 0 amide bonds. The van der Waals surface area contributed by atoms with Gasteiger partial charge in [0.15, 0.2) is 5.96 Å². The predicted molar refractivity (Wildman–Crippen MR) is 116 cm³/mol. The fourth-order valence-corrected chi connectivity index (χ4v) is 3.10. The highest BCUT2D eigenvalue weighted by molar-refractivity contribution is 14.0.